The number of aliphatic hydroxyl groups is 1. The first kappa shape index (κ1) is 13.4. The third-order valence-electron chi connectivity index (χ3n) is 4.77. The van der Waals surface area contributed by atoms with Gasteiger partial charge in [0.25, 0.3) is 0 Å². The molecule has 4 atom stereocenters. The molecule has 0 aromatic heterocycles. The van der Waals surface area contributed by atoms with Crippen molar-refractivity contribution in [2.24, 2.45) is 11.8 Å². The molecular weight excluding hydrogens is 244 g/mol. The zero-order chi connectivity index (χ0) is 13.9. The molecule has 104 valence electrons. The average Bonchev–Trinajstić information content (AvgIpc) is 2.51. The highest BCUT2D eigenvalue weighted by atomic mass is 16.3. The van der Waals surface area contributed by atoms with Gasteiger partial charge in [-0.25, -0.2) is 0 Å². The summed E-state index contributed by atoms with van der Waals surface area (Å²) in [6.07, 6.45) is 1.86. The van der Waals surface area contributed by atoms with E-state index in [1.54, 1.807) is 0 Å². The molecular formula is C19H22O. The summed E-state index contributed by atoms with van der Waals surface area (Å²) in [5.41, 5.74) is 2.71. The molecule has 0 spiro atoms. The average molecular weight is 266 g/mol. The summed E-state index contributed by atoms with van der Waals surface area (Å²) in [7, 11) is 0. The van der Waals surface area contributed by atoms with E-state index >= 15 is 0 Å². The van der Waals surface area contributed by atoms with Crippen LogP contribution in [0.2, 0.25) is 0 Å². The smallest absolute Gasteiger partial charge is 0.0611 e. The third kappa shape index (κ3) is 2.38. The van der Waals surface area contributed by atoms with E-state index < -0.39 is 0 Å². The Kier molecular flexibility index (Phi) is 3.88. The summed E-state index contributed by atoms with van der Waals surface area (Å²) < 4.78 is 0. The van der Waals surface area contributed by atoms with Gasteiger partial charge in [-0.2, -0.15) is 0 Å². The van der Waals surface area contributed by atoms with E-state index in [9.17, 15) is 5.11 Å². The predicted molar refractivity (Wildman–Crippen MR) is 82.6 cm³/mol. The van der Waals surface area contributed by atoms with Gasteiger partial charge in [0, 0.05) is 0 Å². The van der Waals surface area contributed by atoms with Crippen LogP contribution in [-0.2, 0) is 6.42 Å². The molecule has 2 aromatic carbocycles. The molecule has 0 heterocycles. The van der Waals surface area contributed by atoms with Crippen LogP contribution in [0.25, 0.3) is 0 Å². The standard InChI is InChI=1S/C19H22O/c1-2-16-18(15-11-7-4-8-12-15)17(19(16)20)13-14-9-5-3-6-10-14/h3-12,16-20H,2,13H2,1H3. The molecule has 1 aliphatic carbocycles. The molecule has 1 fully saturated rings. The van der Waals surface area contributed by atoms with Gasteiger partial charge in [0.2, 0.25) is 0 Å². The van der Waals surface area contributed by atoms with Crippen LogP contribution in [0.15, 0.2) is 60.7 Å². The SMILES string of the molecule is CCC1C(O)C(Cc2ccccc2)C1c1ccccc1. The zero-order valence-electron chi connectivity index (χ0n) is 11.9. The number of hydrogen-bond acceptors (Lipinski definition) is 1. The maximum absolute atomic E-state index is 10.5. The van der Waals surface area contributed by atoms with Crippen molar-refractivity contribution in [1.82, 2.24) is 0 Å². The third-order valence-corrected chi connectivity index (χ3v) is 4.77. The molecule has 2 aromatic rings. The Bertz CT molecular complexity index is 534. The van der Waals surface area contributed by atoms with Gasteiger partial charge in [-0.1, -0.05) is 74.0 Å². The molecule has 1 saturated carbocycles. The quantitative estimate of drug-likeness (QED) is 0.886. The van der Waals surface area contributed by atoms with Gasteiger partial charge in [0.15, 0.2) is 0 Å². The normalized spacial score (nSPS) is 28.9. The lowest BCUT2D eigenvalue weighted by atomic mass is 9.57. The highest BCUT2D eigenvalue weighted by Crippen LogP contribution is 2.50. The molecule has 4 unspecified atom stereocenters. The van der Waals surface area contributed by atoms with Crippen molar-refractivity contribution in [3.8, 4) is 0 Å². The molecule has 20 heavy (non-hydrogen) atoms. The van der Waals surface area contributed by atoms with Crippen LogP contribution < -0.4 is 0 Å². The van der Waals surface area contributed by atoms with Crippen LogP contribution in [0, 0.1) is 11.8 Å². The second-order valence-electron chi connectivity index (χ2n) is 5.85. The van der Waals surface area contributed by atoms with Crippen molar-refractivity contribution in [2.45, 2.75) is 31.8 Å². The lowest BCUT2D eigenvalue weighted by Gasteiger charge is -2.50. The van der Waals surface area contributed by atoms with Crippen molar-refractivity contribution in [3.63, 3.8) is 0 Å². The molecule has 0 bridgehead atoms. The van der Waals surface area contributed by atoms with Gasteiger partial charge >= 0.3 is 0 Å². The van der Waals surface area contributed by atoms with Crippen LogP contribution in [0.1, 0.15) is 30.4 Å². The minimum absolute atomic E-state index is 0.162. The van der Waals surface area contributed by atoms with Gasteiger partial charge in [0.1, 0.15) is 0 Å². The predicted octanol–water partition coefficient (Wildman–Crippen LogP) is 4.03. The number of benzene rings is 2. The first-order valence-electron chi connectivity index (χ1n) is 7.58. The van der Waals surface area contributed by atoms with Crippen LogP contribution in [0.3, 0.4) is 0 Å². The van der Waals surface area contributed by atoms with E-state index in [2.05, 4.69) is 61.5 Å². The Morgan fingerprint density at radius 3 is 2.05 bits per heavy atom. The largest absolute Gasteiger partial charge is 0.392 e. The molecule has 0 aliphatic heterocycles. The van der Waals surface area contributed by atoms with Crippen molar-refractivity contribution in [1.29, 1.82) is 0 Å². The Balaban J connectivity index is 1.82. The van der Waals surface area contributed by atoms with E-state index in [1.807, 2.05) is 6.07 Å². The summed E-state index contributed by atoms with van der Waals surface area (Å²) in [5, 5.41) is 10.5. The molecule has 1 nitrogen and oxygen atoms in total. The Labute approximate surface area is 121 Å². The van der Waals surface area contributed by atoms with E-state index in [0.717, 1.165) is 12.8 Å². The second kappa shape index (κ2) is 5.80. The van der Waals surface area contributed by atoms with E-state index in [1.165, 1.54) is 11.1 Å². The zero-order valence-corrected chi connectivity index (χ0v) is 11.9. The fraction of sp³-hybridized carbons (Fsp3) is 0.368. The van der Waals surface area contributed by atoms with Gasteiger partial charge in [-0.05, 0) is 35.3 Å². The monoisotopic (exact) mass is 266 g/mol. The topological polar surface area (TPSA) is 20.2 Å². The van der Waals surface area contributed by atoms with Crippen molar-refractivity contribution in [3.05, 3.63) is 71.8 Å². The first-order chi connectivity index (χ1) is 9.81. The minimum atomic E-state index is -0.162. The van der Waals surface area contributed by atoms with Crippen LogP contribution in [-0.4, -0.2) is 11.2 Å². The van der Waals surface area contributed by atoms with E-state index in [4.69, 9.17) is 0 Å². The lowest BCUT2D eigenvalue weighted by Crippen LogP contribution is -2.50. The van der Waals surface area contributed by atoms with Gasteiger partial charge < -0.3 is 5.11 Å². The summed E-state index contributed by atoms with van der Waals surface area (Å²) >= 11 is 0. The van der Waals surface area contributed by atoms with E-state index in [-0.39, 0.29) is 6.10 Å². The van der Waals surface area contributed by atoms with Crippen molar-refractivity contribution >= 4 is 0 Å². The Morgan fingerprint density at radius 1 is 0.850 bits per heavy atom. The molecule has 0 saturated heterocycles. The lowest BCUT2D eigenvalue weighted by molar-refractivity contribution is -0.0669. The van der Waals surface area contributed by atoms with Crippen molar-refractivity contribution in [2.75, 3.05) is 0 Å². The summed E-state index contributed by atoms with van der Waals surface area (Å²) in [6.45, 7) is 2.18. The number of aliphatic hydroxyl groups excluding tert-OH is 1. The molecule has 0 radical (unpaired) electrons. The molecule has 1 N–H and O–H groups in total. The van der Waals surface area contributed by atoms with E-state index in [0.29, 0.717) is 17.8 Å². The fourth-order valence-corrected chi connectivity index (χ4v) is 3.71. The summed E-state index contributed by atoms with van der Waals surface area (Å²) in [5.74, 6) is 1.26. The minimum Gasteiger partial charge on any atom is -0.392 e. The maximum atomic E-state index is 10.5. The first-order valence-corrected chi connectivity index (χ1v) is 7.58. The molecule has 1 aliphatic rings. The molecule has 3 rings (SSSR count). The molecule has 0 amide bonds. The summed E-state index contributed by atoms with van der Waals surface area (Å²) in [6, 6.07) is 21.2. The van der Waals surface area contributed by atoms with Gasteiger partial charge in [-0.3, -0.25) is 0 Å². The Hall–Kier alpha value is -1.60. The Morgan fingerprint density at radius 2 is 1.45 bits per heavy atom. The molecule has 1 heteroatoms. The highest BCUT2D eigenvalue weighted by molar-refractivity contribution is 5.28. The van der Waals surface area contributed by atoms with Crippen LogP contribution >= 0.6 is 0 Å². The fourth-order valence-electron chi connectivity index (χ4n) is 3.71. The van der Waals surface area contributed by atoms with Crippen LogP contribution in [0.5, 0.6) is 0 Å². The summed E-state index contributed by atoms with van der Waals surface area (Å²) in [4.78, 5) is 0. The maximum Gasteiger partial charge on any atom is 0.0611 e. The second-order valence-corrected chi connectivity index (χ2v) is 5.85. The highest BCUT2D eigenvalue weighted by Gasteiger charge is 2.48. The van der Waals surface area contributed by atoms with Gasteiger partial charge in [0.05, 0.1) is 6.10 Å². The van der Waals surface area contributed by atoms with Crippen molar-refractivity contribution < 1.29 is 5.11 Å². The number of hydrogen-bond donors (Lipinski definition) is 1. The number of rotatable bonds is 4. The van der Waals surface area contributed by atoms with Gasteiger partial charge in [-0.15, -0.1) is 0 Å². The van der Waals surface area contributed by atoms with Crippen LogP contribution in [0.4, 0.5) is 0 Å².